The van der Waals surface area contributed by atoms with Gasteiger partial charge in [-0.05, 0) is 31.3 Å². The lowest BCUT2D eigenvalue weighted by Crippen LogP contribution is -2.46. The van der Waals surface area contributed by atoms with Crippen molar-refractivity contribution in [3.05, 3.63) is 29.3 Å². The summed E-state index contributed by atoms with van der Waals surface area (Å²) in [6, 6.07) is 7.10. The molecule has 2 N–H and O–H groups in total. The molecule has 1 aliphatic heterocycles. The minimum atomic E-state index is -0.554. The monoisotopic (exact) mass is 314 g/mol. The molecule has 2 atom stereocenters. The Balaban J connectivity index is 1.59. The number of aliphatic hydroxyl groups excluding tert-OH is 1. The maximum Gasteiger partial charge on any atom is 0.119 e. The van der Waals surface area contributed by atoms with Gasteiger partial charge in [0.1, 0.15) is 18.5 Å². The van der Waals surface area contributed by atoms with Crippen molar-refractivity contribution < 1.29 is 14.6 Å². The predicted molar refractivity (Wildman–Crippen MR) is 83.1 cm³/mol. The number of nitrogens with one attached hydrogen (secondary N) is 1. The first-order valence-corrected chi connectivity index (χ1v) is 7.58. The van der Waals surface area contributed by atoms with Crippen molar-refractivity contribution in [2.45, 2.75) is 12.2 Å². The second-order valence-electron chi connectivity index (χ2n) is 5.33. The van der Waals surface area contributed by atoms with E-state index < -0.39 is 6.10 Å². The number of hydrogen-bond acceptors (Lipinski definition) is 5. The maximum atomic E-state index is 9.88. The topological polar surface area (TPSA) is 54.0 Å². The van der Waals surface area contributed by atoms with E-state index in [1.807, 2.05) is 0 Å². The average Bonchev–Trinajstić information content (AvgIpc) is 2.47. The zero-order valence-electron chi connectivity index (χ0n) is 12.3. The minimum Gasteiger partial charge on any atom is -0.491 e. The number of aliphatic hydroxyl groups is 1. The zero-order valence-corrected chi connectivity index (χ0v) is 13.1. The van der Waals surface area contributed by atoms with E-state index in [1.165, 1.54) is 0 Å². The van der Waals surface area contributed by atoms with Crippen LogP contribution in [0.1, 0.15) is 0 Å². The Morgan fingerprint density at radius 3 is 2.95 bits per heavy atom. The molecule has 1 aliphatic rings. The molecule has 0 bridgehead atoms. The third-order valence-electron chi connectivity index (χ3n) is 3.35. The van der Waals surface area contributed by atoms with Gasteiger partial charge in [0.2, 0.25) is 0 Å². The maximum absolute atomic E-state index is 9.88. The van der Waals surface area contributed by atoms with E-state index in [4.69, 9.17) is 21.1 Å². The van der Waals surface area contributed by atoms with Gasteiger partial charge in [-0.1, -0.05) is 11.6 Å². The average molecular weight is 315 g/mol. The van der Waals surface area contributed by atoms with E-state index in [0.717, 1.165) is 26.2 Å². The third-order valence-corrected chi connectivity index (χ3v) is 3.60. The van der Waals surface area contributed by atoms with E-state index in [0.29, 0.717) is 17.3 Å². The van der Waals surface area contributed by atoms with Crippen LogP contribution in [0.4, 0.5) is 0 Å². The fraction of sp³-hybridized carbons (Fsp3) is 0.600. The van der Waals surface area contributed by atoms with Crippen molar-refractivity contribution in [1.82, 2.24) is 10.2 Å². The molecule has 2 rings (SSSR count). The highest BCUT2D eigenvalue weighted by atomic mass is 35.5. The van der Waals surface area contributed by atoms with E-state index in [1.54, 1.807) is 24.3 Å². The van der Waals surface area contributed by atoms with Crippen molar-refractivity contribution in [3.63, 3.8) is 0 Å². The van der Waals surface area contributed by atoms with Crippen LogP contribution >= 0.6 is 11.6 Å². The standard InChI is InChI=1S/C15H23ClN2O3/c1-18-6-7-20-15(10-18)9-17-8-13(19)11-21-14-4-2-12(16)3-5-14/h2-5,13,15,17,19H,6-11H2,1H3/t13-,15+/m1/s1. The summed E-state index contributed by atoms with van der Waals surface area (Å²) in [5.41, 5.74) is 0. The predicted octanol–water partition coefficient (Wildman–Crippen LogP) is 1.000. The molecule has 21 heavy (non-hydrogen) atoms. The third kappa shape index (κ3) is 6.20. The summed E-state index contributed by atoms with van der Waals surface area (Å²) in [5.74, 6) is 0.704. The first-order valence-electron chi connectivity index (χ1n) is 7.21. The number of likely N-dealkylation sites (N-methyl/N-ethyl adjacent to an activating group) is 1. The van der Waals surface area contributed by atoms with Gasteiger partial charge in [0.25, 0.3) is 0 Å². The fourth-order valence-corrected chi connectivity index (χ4v) is 2.31. The minimum absolute atomic E-state index is 0.188. The SMILES string of the molecule is CN1CCO[C@@H](CNC[C@@H](O)COc2ccc(Cl)cc2)C1. The summed E-state index contributed by atoms with van der Waals surface area (Å²) in [5, 5.41) is 13.8. The Morgan fingerprint density at radius 1 is 1.48 bits per heavy atom. The lowest BCUT2D eigenvalue weighted by atomic mass is 10.2. The Kier molecular flexibility index (Phi) is 6.73. The van der Waals surface area contributed by atoms with Crippen LogP contribution in [0, 0.1) is 0 Å². The quantitative estimate of drug-likeness (QED) is 0.786. The molecule has 0 unspecified atom stereocenters. The molecule has 0 aromatic heterocycles. The molecule has 1 saturated heterocycles. The number of rotatable bonds is 7. The van der Waals surface area contributed by atoms with Crippen LogP contribution in [0.15, 0.2) is 24.3 Å². The second-order valence-corrected chi connectivity index (χ2v) is 5.77. The number of halogens is 1. The number of hydrogen-bond donors (Lipinski definition) is 2. The van der Waals surface area contributed by atoms with Crippen molar-refractivity contribution in [3.8, 4) is 5.75 Å². The Labute approximate surface area is 130 Å². The zero-order chi connectivity index (χ0) is 15.1. The Morgan fingerprint density at radius 2 is 2.24 bits per heavy atom. The van der Waals surface area contributed by atoms with Crippen molar-refractivity contribution in [2.24, 2.45) is 0 Å². The molecule has 1 heterocycles. The van der Waals surface area contributed by atoms with Crippen molar-refractivity contribution >= 4 is 11.6 Å². The van der Waals surface area contributed by atoms with Gasteiger partial charge < -0.3 is 24.8 Å². The highest BCUT2D eigenvalue weighted by molar-refractivity contribution is 6.30. The number of morpholine rings is 1. The van der Waals surface area contributed by atoms with Crippen LogP contribution in [0.3, 0.4) is 0 Å². The first-order chi connectivity index (χ1) is 10.1. The summed E-state index contributed by atoms with van der Waals surface area (Å²) >= 11 is 5.80. The first kappa shape index (κ1) is 16.5. The summed E-state index contributed by atoms with van der Waals surface area (Å²) in [7, 11) is 2.09. The molecule has 1 fully saturated rings. The molecule has 0 saturated carbocycles. The highest BCUT2D eigenvalue weighted by Gasteiger charge is 2.17. The summed E-state index contributed by atoms with van der Waals surface area (Å²) in [6.07, 6.45) is -0.366. The number of ether oxygens (including phenoxy) is 2. The van der Waals surface area contributed by atoms with E-state index in [9.17, 15) is 5.11 Å². The summed E-state index contributed by atoms with van der Waals surface area (Å²) < 4.78 is 11.1. The molecule has 0 aliphatic carbocycles. The van der Waals surface area contributed by atoms with Crippen LogP contribution in [0.25, 0.3) is 0 Å². The molecule has 1 aromatic carbocycles. The van der Waals surface area contributed by atoms with Crippen molar-refractivity contribution in [2.75, 3.05) is 46.4 Å². The molecule has 6 heteroatoms. The molecular formula is C15H23ClN2O3. The van der Waals surface area contributed by atoms with Crippen molar-refractivity contribution in [1.29, 1.82) is 0 Å². The van der Waals surface area contributed by atoms with E-state index in [-0.39, 0.29) is 12.7 Å². The lowest BCUT2D eigenvalue weighted by molar-refractivity contribution is -0.0196. The largest absolute Gasteiger partial charge is 0.491 e. The fourth-order valence-electron chi connectivity index (χ4n) is 2.18. The van der Waals surface area contributed by atoms with Gasteiger partial charge >= 0.3 is 0 Å². The smallest absolute Gasteiger partial charge is 0.119 e. The Bertz CT molecular complexity index is 416. The summed E-state index contributed by atoms with van der Waals surface area (Å²) in [4.78, 5) is 2.25. The van der Waals surface area contributed by atoms with Crippen LogP contribution in [0.2, 0.25) is 5.02 Å². The second kappa shape index (κ2) is 8.56. The van der Waals surface area contributed by atoms with Gasteiger partial charge in [-0.2, -0.15) is 0 Å². The van der Waals surface area contributed by atoms with Gasteiger partial charge in [0, 0.05) is 31.2 Å². The van der Waals surface area contributed by atoms with E-state index in [2.05, 4.69) is 17.3 Å². The molecule has 5 nitrogen and oxygen atoms in total. The van der Waals surface area contributed by atoms with Crippen LogP contribution in [-0.4, -0.2) is 68.7 Å². The van der Waals surface area contributed by atoms with E-state index >= 15 is 0 Å². The molecule has 1 aromatic rings. The summed E-state index contributed by atoms with van der Waals surface area (Å²) in [6.45, 7) is 4.14. The van der Waals surface area contributed by atoms with Gasteiger partial charge in [-0.15, -0.1) is 0 Å². The number of benzene rings is 1. The molecule has 0 radical (unpaired) electrons. The van der Waals surface area contributed by atoms with Gasteiger partial charge in [0.15, 0.2) is 0 Å². The van der Waals surface area contributed by atoms with Gasteiger partial charge in [-0.3, -0.25) is 0 Å². The molecule has 0 amide bonds. The normalized spacial score (nSPS) is 21.2. The Hall–Kier alpha value is -0.850. The molecular weight excluding hydrogens is 292 g/mol. The lowest BCUT2D eigenvalue weighted by Gasteiger charge is -2.30. The van der Waals surface area contributed by atoms with Gasteiger partial charge in [0.05, 0.1) is 12.7 Å². The van der Waals surface area contributed by atoms with Crippen LogP contribution in [-0.2, 0) is 4.74 Å². The van der Waals surface area contributed by atoms with Gasteiger partial charge in [-0.25, -0.2) is 0 Å². The molecule has 118 valence electrons. The highest BCUT2D eigenvalue weighted by Crippen LogP contribution is 2.15. The number of nitrogens with zero attached hydrogens (tertiary/aromatic N) is 1. The molecule has 0 spiro atoms. The van der Waals surface area contributed by atoms with Crippen LogP contribution < -0.4 is 10.1 Å². The van der Waals surface area contributed by atoms with Crippen LogP contribution in [0.5, 0.6) is 5.75 Å².